The number of piperidine rings is 1. The Morgan fingerprint density at radius 3 is 2.71 bits per heavy atom. The van der Waals surface area contributed by atoms with E-state index in [0.717, 1.165) is 44.5 Å². The van der Waals surface area contributed by atoms with Gasteiger partial charge >= 0.3 is 0 Å². The molecular weight excluding hydrogens is 382 g/mol. The number of para-hydroxylation sites is 1. The maximum absolute atomic E-state index is 9.81. The van der Waals surface area contributed by atoms with E-state index >= 15 is 0 Å². The molecule has 4 heteroatoms. The van der Waals surface area contributed by atoms with Crippen molar-refractivity contribution in [3.05, 3.63) is 77.0 Å². The standard InChI is InChI=1S/C27H29N3O/c1-27-16-20-15-25(29-31)19(13-18-7-3-2-4-8-18)14-21(20)17-30(27)12-11-23-22-9-5-6-10-24(22)28-26(23)27/h2-10,13,20-21,28,31H,11-12,14-17H2,1H3/b19-13+,29-25+/t20?,21?,27-/m0/s1. The molecule has 1 saturated carbocycles. The molecule has 0 spiro atoms. The zero-order valence-electron chi connectivity index (χ0n) is 18.0. The molecule has 31 heavy (non-hydrogen) atoms. The van der Waals surface area contributed by atoms with Crippen molar-refractivity contribution in [1.29, 1.82) is 0 Å². The summed E-state index contributed by atoms with van der Waals surface area (Å²) in [7, 11) is 0. The summed E-state index contributed by atoms with van der Waals surface area (Å²) in [4.78, 5) is 6.50. The molecule has 3 aliphatic rings. The van der Waals surface area contributed by atoms with Crippen LogP contribution in [0.4, 0.5) is 0 Å². The Labute approximate surface area is 183 Å². The fraction of sp³-hybridized carbons (Fsp3) is 0.370. The van der Waals surface area contributed by atoms with Crippen LogP contribution in [0.15, 0.2) is 65.3 Å². The van der Waals surface area contributed by atoms with Crippen LogP contribution >= 0.6 is 0 Å². The second kappa shape index (κ2) is 7.10. The van der Waals surface area contributed by atoms with Crippen LogP contribution in [0, 0.1) is 11.8 Å². The molecule has 0 bridgehead atoms. The van der Waals surface area contributed by atoms with E-state index < -0.39 is 0 Å². The molecule has 3 atom stereocenters. The number of fused-ring (bicyclic) bond motifs is 6. The van der Waals surface area contributed by atoms with Crippen molar-refractivity contribution in [2.75, 3.05) is 13.1 Å². The Bertz CT molecular complexity index is 1190. The van der Waals surface area contributed by atoms with E-state index in [-0.39, 0.29) is 5.54 Å². The van der Waals surface area contributed by atoms with Gasteiger partial charge in [-0.3, -0.25) is 4.90 Å². The van der Waals surface area contributed by atoms with Gasteiger partial charge in [0, 0.05) is 29.7 Å². The fourth-order valence-corrected chi connectivity index (χ4v) is 6.45. The molecule has 2 fully saturated rings. The number of rotatable bonds is 1. The summed E-state index contributed by atoms with van der Waals surface area (Å²) in [5.41, 5.74) is 7.44. The first-order valence-corrected chi connectivity index (χ1v) is 11.5. The van der Waals surface area contributed by atoms with E-state index in [0.29, 0.717) is 11.8 Å². The minimum absolute atomic E-state index is 0.0228. The van der Waals surface area contributed by atoms with Crippen molar-refractivity contribution < 1.29 is 5.21 Å². The SMILES string of the molecule is C[C@@]12CC3CC(=N\O)/C(=C/c4ccccc4)CC3CN1CCc1c2[nH]c2ccccc12. The number of oxime groups is 1. The van der Waals surface area contributed by atoms with E-state index in [2.05, 4.69) is 76.6 Å². The molecule has 1 aromatic heterocycles. The molecule has 6 rings (SSSR count). The zero-order chi connectivity index (χ0) is 21.0. The molecule has 0 radical (unpaired) electrons. The third-order valence-electron chi connectivity index (χ3n) is 8.03. The first-order chi connectivity index (χ1) is 15.2. The quantitative estimate of drug-likeness (QED) is 0.405. The predicted octanol–water partition coefficient (Wildman–Crippen LogP) is 5.58. The first-order valence-electron chi connectivity index (χ1n) is 11.5. The lowest BCUT2D eigenvalue weighted by atomic mass is 9.65. The number of allylic oxidation sites excluding steroid dienone is 1. The molecule has 2 aliphatic heterocycles. The fourth-order valence-electron chi connectivity index (χ4n) is 6.45. The lowest BCUT2D eigenvalue weighted by Crippen LogP contribution is -2.57. The van der Waals surface area contributed by atoms with Gasteiger partial charge in [-0.05, 0) is 73.3 Å². The summed E-state index contributed by atoms with van der Waals surface area (Å²) in [5.74, 6) is 1.15. The highest BCUT2D eigenvalue weighted by Gasteiger charge is 2.49. The summed E-state index contributed by atoms with van der Waals surface area (Å²) in [6, 6.07) is 19.1. The second-order valence-electron chi connectivity index (χ2n) is 9.75. The molecule has 3 heterocycles. The van der Waals surface area contributed by atoms with Gasteiger partial charge in [0.25, 0.3) is 0 Å². The molecule has 2 N–H and O–H groups in total. The zero-order valence-corrected chi connectivity index (χ0v) is 18.0. The van der Waals surface area contributed by atoms with Crippen LogP contribution in [-0.4, -0.2) is 33.9 Å². The molecule has 3 aromatic rings. The van der Waals surface area contributed by atoms with Crippen LogP contribution in [0.3, 0.4) is 0 Å². The van der Waals surface area contributed by atoms with Gasteiger partial charge in [-0.2, -0.15) is 0 Å². The van der Waals surface area contributed by atoms with Crippen molar-refractivity contribution in [2.45, 2.75) is 38.1 Å². The van der Waals surface area contributed by atoms with Gasteiger partial charge in [-0.15, -0.1) is 0 Å². The number of hydrogen-bond acceptors (Lipinski definition) is 3. The van der Waals surface area contributed by atoms with Gasteiger partial charge in [-0.1, -0.05) is 53.7 Å². The van der Waals surface area contributed by atoms with E-state index in [9.17, 15) is 5.21 Å². The number of aromatic nitrogens is 1. The Morgan fingerprint density at radius 1 is 1.06 bits per heavy atom. The lowest BCUT2D eigenvalue weighted by Gasteiger charge is -2.54. The van der Waals surface area contributed by atoms with Gasteiger partial charge in [-0.25, -0.2) is 0 Å². The average Bonchev–Trinajstić information content (AvgIpc) is 3.18. The number of H-pyrrole nitrogens is 1. The molecule has 1 saturated heterocycles. The summed E-state index contributed by atoms with van der Waals surface area (Å²) >= 11 is 0. The Morgan fingerprint density at radius 2 is 1.87 bits per heavy atom. The number of nitrogens with one attached hydrogen (secondary N) is 1. The highest BCUT2D eigenvalue weighted by atomic mass is 16.4. The van der Waals surface area contributed by atoms with E-state index in [1.807, 2.05) is 6.07 Å². The van der Waals surface area contributed by atoms with Crippen molar-refractivity contribution in [3.8, 4) is 0 Å². The van der Waals surface area contributed by atoms with E-state index in [1.54, 1.807) is 0 Å². The number of nitrogens with zero attached hydrogens (tertiary/aromatic N) is 2. The molecule has 158 valence electrons. The Kier molecular flexibility index (Phi) is 4.32. The highest BCUT2D eigenvalue weighted by molar-refractivity contribution is 6.04. The third-order valence-corrected chi connectivity index (χ3v) is 8.03. The third kappa shape index (κ3) is 2.96. The minimum atomic E-state index is 0.0228. The second-order valence-corrected chi connectivity index (χ2v) is 9.75. The smallest absolute Gasteiger partial charge is 0.0830 e. The monoisotopic (exact) mass is 411 g/mol. The van der Waals surface area contributed by atoms with Crippen molar-refractivity contribution >= 4 is 22.7 Å². The van der Waals surface area contributed by atoms with Gasteiger partial charge in [0.15, 0.2) is 0 Å². The van der Waals surface area contributed by atoms with Gasteiger partial charge < -0.3 is 10.2 Å². The Hall–Kier alpha value is -2.85. The van der Waals surface area contributed by atoms with Crippen molar-refractivity contribution in [3.63, 3.8) is 0 Å². The first kappa shape index (κ1) is 18.9. The molecule has 1 aliphatic carbocycles. The Balaban J connectivity index is 1.34. The maximum atomic E-state index is 9.81. The average molecular weight is 412 g/mol. The molecule has 2 unspecified atom stereocenters. The summed E-state index contributed by atoms with van der Waals surface area (Å²) in [6.07, 6.45) is 6.28. The van der Waals surface area contributed by atoms with Gasteiger partial charge in [0.05, 0.1) is 11.3 Å². The summed E-state index contributed by atoms with van der Waals surface area (Å²) in [6.45, 7) is 4.65. The molecular formula is C27H29N3O. The van der Waals surface area contributed by atoms with Crippen LogP contribution in [0.5, 0.6) is 0 Å². The molecule has 4 nitrogen and oxygen atoms in total. The van der Waals surface area contributed by atoms with E-state index in [4.69, 9.17) is 0 Å². The van der Waals surface area contributed by atoms with E-state index in [1.165, 1.54) is 33.3 Å². The normalized spacial score (nSPS) is 30.9. The van der Waals surface area contributed by atoms with Crippen LogP contribution < -0.4 is 0 Å². The van der Waals surface area contributed by atoms with Crippen molar-refractivity contribution in [2.24, 2.45) is 17.0 Å². The van der Waals surface area contributed by atoms with Crippen LogP contribution in [0.1, 0.15) is 43.0 Å². The van der Waals surface area contributed by atoms with Crippen LogP contribution in [0.2, 0.25) is 0 Å². The molecule has 0 amide bonds. The van der Waals surface area contributed by atoms with Crippen LogP contribution in [-0.2, 0) is 12.0 Å². The largest absolute Gasteiger partial charge is 0.411 e. The maximum Gasteiger partial charge on any atom is 0.0830 e. The summed E-state index contributed by atoms with van der Waals surface area (Å²) in [5, 5.41) is 14.9. The summed E-state index contributed by atoms with van der Waals surface area (Å²) < 4.78 is 0. The number of aromatic amines is 1. The van der Waals surface area contributed by atoms with Crippen molar-refractivity contribution in [1.82, 2.24) is 9.88 Å². The van der Waals surface area contributed by atoms with Crippen LogP contribution in [0.25, 0.3) is 17.0 Å². The van der Waals surface area contributed by atoms with Gasteiger partial charge in [0.1, 0.15) is 0 Å². The highest BCUT2D eigenvalue weighted by Crippen LogP contribution is 2.50. The number of benzene rings is 2. The predicted molar refractivity (Wildman–Crippen MR) is 125 cm³/mol. The number of hydrogen-bond donors (Lipinski definition) is 2. The lowest BCUT2D eigenvalue weighted by molar-refractivity contribution is -0.0169. The van der Waals surface area contributed by atoms with Gasteiger partial charge in [0.2, 0.25) is 0 Å². The topological polar surface area (TPSA) is 51.6 Å². The minimum Gasteiger partial charge on any atom is -0.411 e. The molecule has 2 aromatic carbocycles.